The predicted molar refractivity (Wildman–Crippen MR) is 44.9 cm³/mol. The predicted octanol–water partition coefficient (Wildman–Crippen LogP) is 1.36. The van der Waals surface area contributed by atoms with Crippen molar-refractivity contribution in [2.24, 2.45) is 0 Å². The molecule has 0 aliphatic rings. The number of hydrogen-bond donors (Lipinski definition) is 1. The van der Waals surface area contributed by atoms with Gasteiger partial charge < -0.3 is 9.42 Å². The molecule has 13 heavy (non-hydrogen) atoms. The first-order chi connectivity index (χ1) is 6.11. The fourth-order valence-corrected chi connectivity index (χ4v) is 1.15. The summed E-state index contributed by atoms with van der Waals surface area (Å²) in [5, 5.41) is 10.4. The van der Waals surface area contributed by atoms with E-state index in [1.54, 1.807) is 0 Å². The van der Waals surface area contributed by atoms with Crippen LogP contribution in [0.2, 0.25) is 0 Å². The monoisotopic (exact) mass is 203 g/mol. The molecule has 1 unspecified atom stereocenters. The summed E-state index contributed by atoms with van der Waals surface area (Å²) >= 11 is 0. The van der Waals surface area contributed by atoms with Gasteiger partial charge in [-0.2, -0.15) is 0 Å². The highest BCUT2D eigenvalue weighted by Gasteiger charge is 2.14. The normalized spacial score (nSPS) is 12.1. The van der Waals surface area contributed by atoms with Crippen molar-refractivity contribution in [3.63, 3.8) is 0 Å². The molecule has 1 rings (SSSR count). The van der Waals surface area contributed by atoms with Gasteiger partial charge >= 0.3 is 13.9 Å². The van der Waals surface area contributed by atoms with E-state index in [-0.39, 0.29) is 11.4 Å². The molecule has 1 atom stereocenters. The van der Waals surface area contributed by atoms with Crippen LogP contribution in [-0.4, -0.2) is 9.82 Å². The SMILES string of the molecule is O=[N+]([O-])c1ccccc1O[PH](=O)O. The van der Waals surface area contributed by atoms with E-state index in [9.17, 15) is 14.7 Å². The van der Waals surface area contributed by atoms with Crippen LogP contribution in [-0.2, 0) is 4.57 Å². The Labute approximate surface area is 73.9 Å². The Morgan fingerprint density at radius 1 is 1.46 bits per heavy atom. The van der Waals surface area contributed by atoms with E-state index in [1.165, 1.54) is 24.3 Å². The van der Waals surface area contributed by atoms with Gasteiger partial charge in [0.25, 0.3) is 0 Å². The van der Waals surface area contributed by atoms with Crippen molar-refractivity contribution in [3.8, 4) is 5.75 Å². The van der Waals surface area contributed by atoms with Gasteiger partial charge in [0.1, 0.15) is 0 Å². The van der Waals surface area contributed by atoms with Crippen LogP contribution >= 0.6 is 8.25 Å². The largest absolute Gasteiger partial charge is 0.419 e. The quantitative estimate of drug-likeness (QED) is 0.455. The molecule has 7 heteroatoms. The summed E-state index contributed by atoms with van der Waals surface area (Å²) in [4.78, 5) is 18.1. The molecule has 0 amide bonds. The average Bonchev–Trinajstić information content (AvgIpc) is 2.03. The highest BCUT2D eigenvalue weighted by molar-refractivity contribution is 7.32. The molecule has 0 aromatic heterocycles. The number of rotatable bonds is 3. The Morgan fingerprint density at radius 3 is 2.62 bits per heavy atom. The van der Waals surface area contributed by atoms with Gasteiger partial charge in [0, 0.05) is 6.07 Å². The molecule has 6 nitrogen and oxygen atoms in total. The van der Waals surface area contributed by atoms with Crippen LogP contribution in [0.1, 0.15) is 0 Å². The molecular formula is C6H6NO5P. The van der Waals surface area contributed by atoms with E-state index in [0.29, 0.717) is 0 Å². The number of nitro groups is 1. The smallest absolute Gasteiger partial charge is 0.365 e. The number of benzene rings is 1. The summed E-state index contributed by atoms with van der Waals surface area (Å²) in [7, 11) is -3.20. The molecule has 0 fully saturated rings. The molecule has 0 aliphatic heterocycles. The van der Waals surface area contributed by atoms with Crippen molar-refractivity contribution >= 4 is 13.9 Å². The lowest BCUT2D eigenvalue weighted by atomic mass is 10.3. The fourth-order valence-electron chi connectivity index (χ4n) is 0.788. The van der Waals surface area contributed by atoms with Gasteiger partial charge in [0.2, 0.25) is 5.75 Å². The topological polar surface area (TPSA) is 89.7 Å². The molecule has 0 saturated carbocycles. The average molecular weight is 203 g/mol. The van der Waals surface area contributed by atoms with Crippen molar-refractivity contribution in [2.75, 3.05) is 0 Å². The Hall–Kier alpha value is -1.39. The fraction of sp³-hybridized carbons (Fsp3) is 0. The second kappa shape index (κ2) is 4.02. The van der Waals surface area contributed by atoms with Crippen LogP contribution in [0.5, 0.6) is 5.75 Å². The van der Waals surface area contributed by atoms with Crippen molar-refractivity contribution in [2.45, 2.75) is 0 Å². The lowest BCUT2D eigenvalue weighted by molar-refractivity contribution is -0.385. The van der Waals surface area contributed by atoms with Crippen LogP contribution in [0.4, 0.5) is 5.69 Å². The van der Waals surface area contributed by atoms with Gasteiger partial charge in [-0.3, -0.25) is 10.1 Å². The van der Waals surface area contributed by atoms with Crippen LogP contribution in [0.15, 0.2) is 24.3 Å². The first-order valence-electron chi connectivity index (χ1n) is 3.25. The minimum absolute atomic E-state index is 0.195. The number of para-hydroxylation sites is 2. The zero-order valence-corrected chi connectivity index (χ0v) is 7.34. The molecule has 0 bridgehead atoms. The van der Waals surface area contributed by atoms with Gasteiger partial charge in [0.15, 0.2) is 0 Å². The third-order valence-corrected chi connectivity index (χ3v) is 1.65. The van der Waals surface area contributed by atoms with E-state index < -0.39 is 13.2 Å². The van der Waals surface area contributed by atoms with Crippen LogP contribution in [0.3, 0.4) is 0 Å². The highest BCUT2D eigenvalue weighted by atomic mass is 31.1. The maximum Gasteiger partial charge on any atom is 0.365 e. The standard InChI is InChI=1S/C6H6NO5P/c8-7(9)5-3-1-2-4-6(5)12-13(10)11/h1-4,13H,(H,10,11). The van der Waals surface area contributed by atoms with Gasteiger partial charge in [-0.25, -0.2) is 4.57 Å². The number of nitrogens with zero attached hydrogens (tertiary/aromatic N) is 1. The minimum atomic E-state index is -3.20. The number of nitro benzene ring substituents is 1. The maximum absolute atomic E-state index is 10.4. The Morgan fingerprint density at radius 2 is 2.08 bits per heavy atom. The van der Waals surface area contributed by atoms with Crippen molar-refractivity contribution in [1.29, 1.82) is 0 Å². The molecule has 1 aromatic rings. The third kappa shape index (κ3) is 2.54. The lowest BCUT2D eigenvalue weighted by Crippen LogP contribution is -1.91. The highest BCUT2D eigenvalue weighted by Crippen LogP contribution is 2.31. The van der Waals surface area contributed by atoms with E-state index in [4.69, 9.17) is 4.89 Å². The van der Waals surface area contributed by atoms with Crippen molar-refractivity contribution in [1.82, 2.24) is 0 Å². The summed E-state index contributed by atoms with van der Waals surface area (Å²) in [5.41, 5.74) is -0.324. The molecule has 1 N–H and O–H groups in total. The van der Waals surface area contributed by atoms with E-state index in [2.05, 4.69) is 4.52 Å². The summed E-state index contributed by atoms with van der Waals surface area (Å²) in [5.74, 6) is -0.195. The number of hydrogen-bond acceptors (Lipinski definition) is 4. The lowest BCUT2D eigenvalue weighted by Gasteiger charge is -2.00. The Balaban J connectivity index is 3.04. The summed E-state index contributed by atoms with van der Waals surface area (Å²) < 4.78 is 14.7. The van der Waals surface area contributed by atoms with Gasteiger partial charge in [-0.15, -0.1) is 0 Å². The van der Waals surface area contributed by atoms with Crippen LogP contribution < -0.4 is 4.52 Å². The van der Waals surface area contributed by atoms with E-state index in [1.807, 2.05) is 0 Å². The second-order valence-corrected chi connectivity index (χ2v) is 2.83. The minimum Gasteiger partial charge on any atom is -0.419 e. The molecule has 70 valence electrons. The molecule has 0 saturated heterocycles. The van der Waals surface area contributed by atoms with Gasteiger partial charge in [-0.05, 0) is 6.07 Å². The maximum atomic E-state index is 10.4. The van der Waals surface area contributed by atoms with Gasteiger partial charge in [-0.1, -0.05) is 12.1 Å². The van der Waals surface area contributed by atoms with E-state index in [0.717, 1.165) is 0 Å². The van der Waals surface area contributed by atoms with Crippen LogP contribution in [0, 0.1) is 10.1 Å². The van der Waals surface area contributed by atoms with Gasteiger partial charge in [0.05, 0.1) is 4.92 Å². The molecular weight excluding hydrogens is 197 g/mol. The molecule has 1 aromatic carbocycles. The zero-order valence-electron chi connectivity index (χ0n) is 6.34. The molecule has 0 heterocycles. The molecule has 0 radical (unpaired) electrons. The zero-order chi connectivity index (χ0) is 9.84. The van der Waals surface area contributed by atoms with Crippen LogP contribution in [0.25, 0.3) is 0 Å². The first kappa shape index (κ1) is 9.70. The second-order valence-electron chi connectivity index (χ2n) is 2.09. The summed E-state index contributed by atoms with van der Waals surface area (Å²) in [6, 6.07) is 5.38. The summed E-state index contributed by atoms with van der Waals surface area (Å²) in [6.07, 6.45) is 0. The summed E-state index contributed by atoms with van der Waals surface area (Å²) in [6.45, 7) is 0. The van der Waals surface area contributed by atoms with Crippen molar-refractivity contribution < 1.29 is 18.9 Å². The molecule has 0 aliphatic carbocycles. The molecule has 0 spiro atoms. The Kier molecular flexibility index (Phi) is 3.00. The first-order valence-corrected chi connectivity index (χ1v) is 4.52. The van der Waals surface area contributed by atoms with E-state index >= 15 is 0 Å². The third-order valence-electron chi connectivity index (χ3n) is 1.26. The Bertz CT molecular complexity index is 353. The van der Waals surface area contributed by atoms with Crippen molar-refractivity contribution in [3.05, 3.63) is 34.4 Å².